The van der Waals surface area contributed by atoms with Crippen molar-refractivity contribution in [2.24, 2.45) is 0 Å². The fraction of sp³-hybridized carbons (Fsp3) is 0.182. The summed E-state index contributed by atoms with van der Waals surface area (Å²) in [5.41, 5.74) is 0.934. The molecule has 4 rings (SSSR count). The molecule has 0 saturated carbocycles. The van der Waals surface area contributed by atoms with E-state index >= 15 is 0 Å². The van der Waals surface area contributed by atoms with Crippen LogP contribution in [0.2, 0.25) is 10.0 Å². The van der Waals surface area contributed by atoms with Gasteiger partial charge in [-0.2, -0.15) is 0 Å². The highest BCUT2D eigenvalue weighted by Gasteiger charge is 2.20. The zero-order chi connectivity index (χ0) is 25.7. The average molecular weight is 564 g/mol. The Bertz CT molecular complexity index is 1410. The molecule has 36 heavy (non-hydrogen) atoms. The topological polar surface area (TPSA) is 124 Å². The van der Waals surface area contributed by atoms with Gasteiger partial charge in [-0.05, 0) is 37.3 Å². The van der Waals surface area contributed by atoms with Crippen LogP contribution in [0.25, 0.3) is 5.69 Å². The van der Waals surface area contributed by atoms with Crippen molar-refractivity contribution in [3.8, 4) is 11.4 Å². The first-order valence-electron chi connectivity index (χ1n) is 10.4. The minimum absolute atomic E-state index is 0.0413. The Morgan fingerprint density at radius 2 is 1.92 bits per heavy atom. The molecule has 14 heteroatoms. The number of carbonyl (C=O) groups excluding carboxylic acids is 2. The second-order valence-electron chi connectivity index (χ2n) is 7.18. The smallest absolute Gasteiger partial charge is 0.253 e. The minimum atomic E-state index is -0.396. The molecule has 0 saturated heterocycles. The standard InChI is InChI=1S/C22H19Cl2N7O3S2/c1-12-27-29-21(36-12)26-19(32)11-35-22-30-28-18(31(22)16-5-3-4-6-17(16)34-2)10-25-20(33)14-8-7-13(23)9-15(14)24/h3-9H,10-11H2,1-2H3,(H,25,33)(H,26,29,32). The predicted octanol–water partition coefficient (Wildman–Crippen LogP) is 4.40. The monoisotopic (exact) mass is 563 g/mol. The van der Waals surface area contributed by atoms with E-state index in [-0.39, 0.29) is 28.8 Å². The van der Waals surface area contributed by atoms with Crippen LogP contribution in [0.3, 0.4) is 0 Å². The summed E-state index contributed by atoms with van der Waals surface area (Å²) in [6.07, 6.45) is 0. The third-order valence-electron chi connectivity index (χ3n) is 4.71. The van der Waals surface area contributed by atoms with Crippen molar-refractivity contribution in [2.45, 2.75) is 18.6 Å². The largest absolute Gasteiger partial charge is 0.495 e. The molecule has 2 amide bonds. The number of nitrogens with one attached hydrogen (secondary N) is 2. The Labute approximate surface area is 224 Å². The molecule has 4 aromatic rings. The van der Waals surface area contributed by atoms with Crippen LogP contribution in [0.15, 0.2) is 47.6 Å². The number of carbonyl (C=O) groups is 2. The summed E-state index contributed by atoms with van der Waals surface area (Å²) in [5.74, 6) is 0.394. The van der Waals surface area contributed by atoms with Crippen molar-refractivity contribution in [1.82, 2.24) is 30.3 Å². The fourth-order valence-corrected chi connectivity index (χ4v) is 4.99. The number of para-hydroxylation sites is 2. The number of aromatic nitrogens is 5. The van der Waals surface area contributed by atoms with E-state index in [1.807, 2.05) is 18.2 Å². The maximum absolute atomic E-state index is 12.7. The zero-order valence-electron chi connectivity index (χ0n) is 19.0. The number of rotatable bonds is 9. The van der Waals surface area contributed by atoms with Gasteiger partial charge in [0.25, 0.3) is 5.91 Å². The van der Waals surface area contributed by atoms with Crippen LogP contribution in [-0.4, -0.2) is 49.6 Å². The van der Waals surface area contributed by atoms with Gasteiger partial charge in [-0.3, -0.25) is 19.5 Å². The number of hydrogen-bond acceptors (Lipinski definition) is 9. The Kier molecular flexibility index (Phi) is 8.41. The lowest BCUT2D eigenvalue weighted by molar-refractivity contribution is -0.113. The number of benzene rings is 2. The molecule has 0 fully saturated rings. The molecular weight excluding hydrogens is 545 g/mol. The molecule has 0 spiro atoms. The predicted molar refractivity (Wildman–Crippen MR) is 140 cm³/mol. The van der Waals surface area contributed by atoms with Crippen LogP contribution in [-0.2, 0) is 11.3 Å². The number of thioether (sulfide) groups is 1. The summed E-state index contributed by atoms with van der Waals surface area (Å²) in [7, 11) is 1.55. The maximum atomic E-state index is 12.7. The SMILES string of the molecule is COc1ccccc1-n1c(CNC(=O)c2ccc(Cl)cc2Cl)nnc1SCC(=O)Nc1nnc(C)s1. The van der Waals surface area contributed by atoms with Gasteiger partial charge in [0.05, 0.1) is 35.7 Å². The molecular formula is C22H19Cl2N7O3S2. The van der Waals surface area contributed by atoms with Crippen molar-refractivity contribution in [3.63, 3.8) is 0 Å². The van der Waals surface area contributed by atoms with Crippen LogP contribution >= 0.6 is 46.3 Å². The van der Waals surface area contributed by atoms with Crippen LogP contribution in [0.1, 0.15) is 21.2 Å². The average Bonchev–Trinajstić information content (AvgIpc) is 3.46. The molecule has 10 nitrogen and oxygen atoms in total. The van der Waals surface area contributed by atoms with Gasteiger partial charge in [0.15, 0.2) is 11.0 Å². The molecule has 2 aromatic heterocycles. The molecule has 186 valence electrons. The molecule has 0 aliphatic rings. The number of halogens is 2. The second kappa shape index (κ2) is 11.7. The Morgan fingerprint density at radius 1 is 1.11 bits per heavy atom. The Hall–Kier alpha value is -3.19. The van der Waals surface area contributed by atoms with Gasteiger partial charge in [0, 0.05) is 5.02 Å². The third kappa shape index (κ3) is 6.13. The van der Waals surface area contributed by atoms with E-state index in [4.69, 9.17) is 27.9 Å². The molecule has 0 aliphatic heterocycles. The van der Waals surface area contributed by atoms with E-state index < -0.39 is 5.91 Å². The summed E-state index contributed by atoms with van der Waals surface area (Å²) >= 11 is 14.6. The van der Waals surface area contributed by atoms with Crippen molar-refractivity contribution in [2.75, 3.05) is 18.2 Å². The number of methoxy groups -OCH3 is 1. The maximum Gasteiger partial charge on any atom is 0.253 e. The molecule has 2 N–H and O–H groups in total. The van der Waals surface area contributed by atoms with Crippen molar-refractivity contribution >= 4 is 63.2 Å². The van der Waals surface area contributed by atoms with E-state index in [0.717, 1.165) is 5.01 Å². The van der Waals surface area contributed by atoms with Gasteiger partial charge in [0.2, 0.25) is 11.0 Å². The Balaban J connectivity index is 1.55. The van der Waals surface area contributed by atoms with Gasteiger partial charge in [-0.25, -0.2) is 0 Å². The van der Waals surface area contributed by atoms with E-state index in [1.54, 1.807) is 36.8 Å². The van der Waals surface area contributed by atoms with Crippen molar-refractivity contribution in [3.05, 3.63) is 68.9 Å². The van der Waals surface area contributed by atoms with Gasteiger partial charge in [-0.1, -0.05) is 58.4 Å². The highest BCUT2D eigenvalue weighted by Crippen LogP contribution is 2.29. The Morgan fingerprint density at radius 3 is 2.64 bits per heavy atom. The summed E-state index contributed by atoms with van der Waals surface area (Å²) < 4.78 is 7.24. The first-order chi connectivity index (χ1) is 17.4. The van der Waals surface area contributed by atoms with Gasteiger partial charge >= 0.3 is 0 Å². The summed E-state index contributed by atoms with van der Waals surface area (Å²) in [4.78, 5) is 25.2. The van der Waals surface area contributed by atoms with E-state index in [0.29, 0.717) is 32.6 Å². The van der Waals surface area contributed by atoms with Crippen molar-refractivity contribution in [1.29, 1.82) is 0 Å². The second-order valence-corrected chi connectivity index (χ2v) is 10.1. The molecule has 0 radical (unpaired) electrons. The number of ether oxygens (including phenoxy) is 1. The zero-order valence-corrected chi connectivity index (χ0v) is 22.1. The summed E-state index contributed by atoms with van der Waals surface area (Å²) in [6, 6.07) is 11.9. The van der Waals surface area contributed by atoms with Gasteiger partial charge in [-0.15, -0.1) is 20.4 Å². The van der Waals surface area contributed by atoms with Gasteiger partial charge in [0.1, 0.15) is 10.8 Å². The van der Waals surface area contributed by atoms with E-state index in [1.165, 1.54) is 29.2 Å². The number of anilines is 1. The van der Waals surface area contributed by atoms with Crippen LogP contribution in [0.5, 0.6) is 5.75 Å². The van der Waals surface area contributed by atoms with Crippen LogP contribution in [0.4, 0.5) is 5.13 Å². The molecule has 2 aromatic carbocycles. The van der Waals surface area contributed by atoms with Crippen LogP contribution in [0, 0.1) is 6.92 Å². The lowest BCUT2D eigenvalue weighted by Gasteiger charge is -2.14. The van der Waals surface area contributed by atoms with Crippen LogP contribution < -0.4 is 15.4 Å². The third-order valence-corrected chi connectivity index (χ3v) is 6.94. The van der Waals surface area contributed by atoms with E-state index in [9.17, 15) is 9.59 Å². The summed E-state index contributed by atoms with van der Waals surface area (Å²) in [6.45, 7) is 1.85. The lowest BCUT2D eigenvalue weighted by Crippen LogP contribution is -2.25. The minimum Gasteiger partial charge on any atom is -0.495 e. The fourth-order valence-electron chi connectivity index (χ4n) is 3.13. The van der Waals surface area contributed by atoms with Crippen molar-refractivity contribution < 1.29 is 14.3 Å². The number of nitrogens with zero attached hydrogens (tertiary/aromatic N) is 5. The quantitative estimate of drug-likeness (QED) is 0.287. The summed E-state index contributed by atoms with van der Waals surface area (Å²) in [5, 5.41) is 24.1. The normalized spacial score (nSPS) is 10.8. The highest BCUT2D eigenvalue weighted by atomic mass is 35.5. The number of amides is 2. The molecule has 0 aliphatic carbocycles. The first-order valence-corrected chi connectivity index (χ1v) is 12.9. The number of aryl methyl sites for hydroxylation is 1. The van der Waals surface area contributed by atoms with E-state index in [2.05, 4.69) is 31.0 Å². The highest BCUT2D eigenvalue weighted by molar-refractivity contribution is 7.99. The molecule has 0 atom stereocenters. The molecule has 2 heterocycles. The molecule has 0 unspecified atom stereocenters. The lowest BCUT2D eigenvalue weighted by atomic mass is 10.2. The molecule has 0 bridgehead atoms. The van der Waals surface area contributed by atoms with Gasteiger partial charge < -0.3 is 10.1 Å². The first kappa shape index (κ1) is 25.9. The number of hydrogen-bond donors (Lipinski definition) is 2.